The van der Waals surface area contributed by atoms with E-state index in [1.807, 2.05) is 31.2 Å². The second-order valence-corrected chi connectivity index (χ2v) is 4.17. The number of rotatable bonds is 1. The first-order valence-electron chi connectivity index (χ1n) is 5.17. The second kappa shape index (κ2) is 3.82. The van der Waals surface area contributed by atoms with Crippen LogP contribution in [-0.2, 0) is 0 Å². The molecule has 2 heterocycles. The number of nitrogens with zero attached hydrogens (tertiary/aromatic N) is 4. The zero-order chi connectivity index (χ0) is 11.8. The van der Waals surface area contributed by atoms with Gasteiger partial charge in [-0.15, -0.1) is 0 Å². The van der Waals surface area contributed by atoms with Crippen LogP contribution < -0.4 is 0 Å². The van der Waals surface area contributed by atoms with E-state index in [1.165, 1.54) is 0 Å². The summed E-state index contributed by atoms with van der Waals surface area (Å²) in [5.74, 6) is 0. The van der Waals surface area contributed by atoms with Gasteiger partial charge in [0.2, 0.25) is 0 Å². The summed E-state index contributed by atoms with van der Waals surface area (Å²) in [6.45, 7) is 1.94. The zero-order valence-electron chi connectivity index (χ0n) is 9.13. The highest BCUT2D eigenvalue weighted by Crippen LogP contribution is 2.19. The van der Waals surface area contributed by atoms with Gasteiger partial charge in [-0.1, -0.05) is 11.6 Å². The van der Waals surface area contributed by atoms with Crippen LogP contribution in [0.5, 0.6) is 0 Å². The monoisotopic (exact) mass is 244 g/mol. The maximum Gasteiger partial charge on any atom is 0.166 e. The van der Waals surface area contributed by atoms with E-state index in [2.05, 4.69) is 15.1 Å². The summed E-state index contributed by atoms with van der Waals surface area (Å²) in [4.78, 5) is 8.40. The van der Waals surface area contributed by atoms with Gasteiger partial charge in [-0.05, 0) is 31.2 Å². The smallest absolute Gasteiger partial charge is 0.166 e. The van der Waals surface area contributed by atoms with Crippen LogP contribution in [0.1, 0.15) is 5.69 Å². The van der Waals surface area contributed by atoms with Gasteiger partial charge in [-0.25, -0.2) is 14.6 Å². The largest absolute Gasteiger partial charge is 0.241 e. The Balaban J connectivity index is 2.24. The van der Waals surface area contributed by atoms with E-state index in [0.717, 1.165) is 22.4 Å². The lowest BCUT2D eigenvalue weighted by molar-refractivity contribution is 0.894. The minimum absolute atomic E-state index is 0.705. The van der Waals surface area contributed by atoms with Gasteiger partial charge in [0.25, 0.3) is 0 Å². The fraction of sp³-hybridized carbons (Fsp3) is 0.0833. The van der Waals surface area contributed by atoms with Crippen molar-refractivity contribution in [3.05, 3.63) is 47.5 Å². The van der Waals surface area contributed by atoms with Crippen molar-refractivity contribution in [2.75, 3.05) is 0 Å². The van der Waals surface area contributed by atoms with E-state index in [-0.39, 0.29) is 0 Å². The van der Waals surface area contributed by atoms with E-state index >= 15 is 0 Å². The number of aromatic nitrogens is 4. The highest BCUT2D eigenvalue weighted by molar-refractivity contribution is 6.30. The molecule has 4 nitrogen and oxygen atoms in total. The fourth-order valence-corrected chi connectivity index (χ4v) is 1.86. The maximum absolute atomic E-state index is 5.86. The lowest BCUT2D eigenvalue weighted by Crippen LogP contribution is -1.97. The molecule has 0 radical (unpaired) electrons. The lowest BCUT2D eigenvalue weighted by atomic mass is 10.3. The van der Waals surface area contributed by atoms with Gasteiger partial charge in [0.1, 0.15) is 6.33 Å². The van der Waals surface area contributed by atoms with Gasteiger partial charge in [0.15, 0.2) is 5.65 Å². The third kappa shape index (κ3) is 1.66. The second-order valence-electron chi connectivity index (χ2n) is 3.73. The molecule has 0 spiro atoms. The van der Waals surface area contributed by atoms with E-state index < -0.39 is 0 Å². The topological polar surface area (TPSA) is 43.6 Å². The maximum atomic E-state index is 5.86. The number of hydrogen-bond donors (Lipinski definition) is 0. The Morgan fingerprint density at radius 1 is 1.12 bits per heavy atom. The molecule has 0 aliphatic carbocycles. The predicted molar refractivity (Wildman–Crippen MR) is 66.4 cm³/mol. The van der Waals surface area contributed by atoms with Gasteiger partial charge in [-0.3, -0.25) is 0 Å². The summed E-state index contributed by atoms with van der Waals surface area (Å²) in [7, 11) is 0. The van der Waals surface area contributed by atoms with Crippen molar-refractivity contribution in [1.29, 1.82) is 0 Å². The number of aryl methyl sites for hydroxylation is 1. The van der Waals surface area contributed by atoms with Gasteiger partial charge in [0, 0.05) is 5.02 Å². The van der Waals surface area contributed by atoms with Crippen LogP contribution in [0, 0.1) is 6.92 Å². The molecular formula is C12H9ClN4. The van der Waals surface area contributed by atoms with E-state index in [4.69, 9.17) is 11.6 Å². The predicted octanol–water partition coefficient (Wildman–Crippen LogP) is 2.78. The van der Waals surface area contributed by atoms with Crippen molar-refractivity contribution >= 4 is 22.6 Å². The molecule has 0 aliphatic heterocycles. The summed E-state index contributed by atoms with van der Waals surface area (Å²) in [5, 5.41) is 5.99. The average Bonchev–Trinajstić information content (AvgIpc) is 2.75. The minimum Gasteiger partial charge on any atom is -0.241 e. The first-order valence-corrected chi connectivity index (χ1v) is 5.55. The van der Waals surface area contributed by atoms with Crippen LogP contribution in [0.4, 0.5) is 0 Å². The zero-order valence-corrected chi connectivity index (χ0v) is 9.89. The summed E-state index contributed by atoms with van der Waals surface area (Å²) in [6.07, 6.45) is 3.32. The Labute approximate surface area is 103 Å². The molecule has 0 atom stereocenters. The molecule has 0 aliphatic rings. The van der Waals surface area contributed by atoms with Gasteiger partial charge in [-0.2, -0.15) is 5.10 Å². The molecule has 3 rings (SSSR count). The van der Waals surface area contributed by atoms with Gasteiger partial charge >= 0.3 is 0 Å². The van der Waals surface area contributed by atoms with Crippen molar-refractivity contribution in [3.8, 4) is 5.69 Å². The average molecular weight is 245 g/mol. The van der Waals surface area contributed by atoms with Crippen molar-refractivity contribution in [1.82, 2.24) is 19.7 Å². The number of benzene rings is 1. The number of halogens is 1. The third-order valence-electron chi connectivity index (χ3n) is 2.64. The highest BCUT2D eigenvalue weighted by atomic mass is 35.5. The molecular weight excluding hydrogens is 236 g/mol. The van der Waals surface area contributed by atoms with E-state index in [0.29, 0.717) is 5.02 Å². The Morgan fingerprint density at radius 3 is 2.65 bits per heavy atom. The van der Waals surface area contributed by atoms with E-state index in [1.54, 1.807) is 17.2 Å². The third-order valence-corrected chi connectivity index (χ3v) is 2.89. The van der Waals surface area contributed by atoms with Crippen molar-refractivity contribution < 1.29 is 0 Å². The molecule has 0 bridgehead atoms. The lowest BCUT2D eigenvalue weighted by Gasteiger charge is -2.02. The van der Waals surface area contributed by atoms with Crippen LogP contribution in [0.3, 0.4) is 0 Å². The van der Waals surface area contributed by atoms with Crippen molar-refractivity contribution in [2.45, 2.75) is 6.92 Å². The Kier molecular flexibility index (Phi) is 2.30. The minimum atomic E-state index is 0.705. The molecule has 3 aromatic rings. The van der Waals surface area contributed by atoms with E-state index in [9.17, 15) is 0 Å². The fourth-order valence-electron chi connectivity index (χ4n) is 1.73. The molecule has 0 saturated carbocycles. The first-order chi connectivity index (χ1) is 8.25. The summed E-state index contributed by atoms with van der Waals surface area (Å²) in [5.41, 5.74) is 2.66. The first kappa shape index (κ1) is 10.2. The molecule has 0 fully saturated rings. The van der Waals surface area contributed by atoms with Crippen LogP contribution >= 0.6 is 11.6 Å². The number of fused-ring (bicyclic) bond motifs is 1. The van der Waals surface area contributed by atoms with Crippen LogP contribution in [0.25, 0.3) is 16.7 Å². The molecule has 17 heavy (non-hydrogen) atoms. The Bertz CT molecular complexity index is 673. The van der Waals surface area contributed by atoms with Crippen molar-refractivity contribution in [3.63, 3.8) is 0 Å². The van der Waals surface area contributed by atoms with Crippen LogP contribution in [0.15, 0.2) is 36.8 Å². The molecule has 0 amide bonds. The molecule has 0 N–H and O–H groups in total. The van der Waals surface area contributed by atoms with Crippen LogP contribution in [0.2, 0.25) is 5.02 Å². The van der Waals surface area contributed by atoms with Gasteiger partial charge in [0.05, 0.1) is 23.0 Å². The summed E-state index contributed by atoms with van der Waals surface area (Å²) in [6, 6.07) is 7.48. The summed E-state index contributed by atoms with van der Waals surface area (Å²) >= 11 is 5.86. The SMILES string of the molecule is Cc1ncnc2c1cnn2-c1ccc(Cl)cc1. The highest BCUT2D eigenvalue weighted by Gasteiger charge is 2.08. The Hall–Kier alpha value is -1.94. The molecule has 1 aromatic carbocycles. The molecule has 84 valence electrons. The van der Waals surface area contributed by atoms with Crippen molar-refractivity contribution in [2.24, 2.45) is 0 Å². The number of hydrogen-bond acceptors (Lipinski definition) is 3. The Morgan fingerprint density at radius 2 is 1.88 bits per heavy atom. The quantitative estimate of drug-likeness (QED) is 0.661. The molecule has 0 unspecified atom stereocenters. The van der Waals surface area contributed by atoms with Crippen LogP contribution in [-0.4, -0.2) is 19.7 Å². The molecule has 2 aromatic heterocycles. The normalized spacial score (nSPS) is 10.9. The molecule has 5 heteroatoms. The van der Waals surface area contributed by atoms with Gasteiger partial charge < -0.3 is 0 Å². The molecule has 0 saturated heterocycles. The standard InChI is InChI=1S/C12H9ClN4/c1-8-11-6-16-17(12(11)15-7-14-8)10-4-2-9(13)3-5-10/h2-7H,1H3. The summed E-state index contributed by atoms with van der Waals surface area (Å²) < 4.78 is 1.78.